The Morgan fingerprint density at radius 2 is 2.07 bits per heavy atom. The maximum absolute atomic E-state index is 12.4. The Kier molecular flexibility index (Phi) is 6.37. The molecule has 28 heavy (non-hydrogen) atoms. The van der Waals surface area contributed by atoms with Gasteiger partial charge >= 0.3 is 0 Å². The van der Waals surface area contributed by atoms with Crippen LogP contribution in [0.1, 0.15) is 72.8 Å². The molecule has 0 radical (unpaired) electrons. The minimum absolute atomic E-state index is 0.134. The third-order valence-corrected chi connectivity index (χ3v) is 6.06. The van der Waals surface area contributed by atoms with Crippen LogP contribution in [0.15, 0.2) is 35.0 Å². The van der Waals surface area contributed by atoms with E-state index in [1.807, 2.05) is 24.4 Å². The van der Waals surface area contributed by atoms with E-state index in [9.17, 15) is 4.79 Å². The number of likely N-dealkylation sites (tertiary alicyclic amines) is 1. The Morgan fingerprint density at radius 3 is 2.89 bits per heavy atom. The van der Waals surface area contributed by atoms with Crippen molar-refractivity contribution >= 4 is 5.91 Å². The van der Waals surface area contributed by atoms with Crippen LogP contribution >= 0.6 is 0 Å². The summed E-state index contributed by atoms with van der Waals surface area (Å²) in [6.45, 7) is 3.59. The molecule has 0 aromatic carbocycles. The normalized spacial score (nSPS) is 21.5. The molecular formula is C22H30N4O2. The number of nitrogens with one attached hydrogen (secondary N) is 1. The van der Waals surface area contributed by atoms with Gasteiger partial charge in [-0.3, -0.25) is 14.7 Å². The number of pyridine rings is 1. The zero-order valence-corrected chi connectivity index (χ0v) is 16.5. The van der Waals surface area contributed by atoms with Crippen LogP contribution in [0.25, 0.3) is 0 Å². The lowest BCUT2D eigenvalue weighted by Gasteiger charge is -2.31. The molecule has 2 aromatic heterocycles. The van der Waals surface area contributed by atoms with E-state index in [4.69, 9.17) is 4.52 Å². The second-order valence-electron chi connectivity index (χ2n) is 8.23. The second kappa shape index (κ2) is 9.32. The van der Waals surface area contributed by atoms with Crippen molar-refractivity contribution in [2.24, 2.45) is 5.92 Å². The second-order valence-corrected chi connectivity index (χ2v) is 8.23. The standard InChI is InChI=1S/C22H30N4O2/c27-22(24-14-17-7-2-1-3-8-17)21-13-20(25-28-21)18-9-6-12-26(15-18)16-19-10-4-5-11-23-19/h4-5,10-11,13,17-18H,1-3,6-9,12,14-16H2,(H,24,27)/t18-/m1/s1. The zero-order valence-electron chi connectivity index (χ0n) is 16.5. The van der Waals surface area contributed by atoms with Gasteiger partial charge in [0.25, 0.3) is 5.91 Å². The molecule has 1 saturated heterocycles. The van der Waals surface area contributed by atoms with Crippen molar-refractivity contribution in [1.82, 2.24) is 20.4 Å². The molecule has 0 spiro atoms. The smallest absolute Gasteiger partial charge is 0.289 e. The molecule has 1 aliphatic heterocycles. The van der Waals surface area contributed by atoms with Crippen LogP contribution < -0.4 is 5.32 Å². The molecule has 2 aliphatic rings. The third-order valence-electron chi connectivity index (χ3n) is 6.06. The van der Waals surface area contributed by atoms with Crippen LogP contribution in [-0.4, -0.2) is 40.6 Å². The summed E-state index contributed by atoms with van der Waals surface area (Å²) in [5.41, 5.74) is 1.99. The van der Waals surface area contributed by atoms with E-state index < -0.39 is 0 Å². The van der Waals surface area contributed by atoms with E-state index in [1.54, 1.807) is 0 Å². The number of hydrogen-bond donors (Lipinski definition) is 1. The van der Waals surface area contributed by atoms with Crippen molar-refractivity contribution in [3.05, 3.63) is 47.6 Å². The van der Waals surface area contributed by atoms with Crippen molar-refractivity contribution in [3.63, 3.8) is 0 Å². The van der Waals surface area contributed by atoms with Crippen molar-refractivity contribution < 1.29 is 9.32 Å². The molecule has 2 aromatic rings. The first-order valence-electron chi connectivity index (χ1n) is 10.6. The van der Waals surface area contributed by atoms with Gasteiger partial charge in [0.15, 0.2) is 0 Å². The van der Waals surface area contributed by atoms with Crippen molar-refractivity contribution in [2.75, 3.05) is 19.6 Å². The van der Waals surface area contributed by atoms with Gasteiger partial charge in [0.1, 0.15) is 0 Å². The molecule has 4 rings (SSSR count). The van der Waals surface area contributed by atoms with E-state index in [0.29, 0.717) is 17.6 Å². The van der Waals surface area contributed by atoms with Gasteiger partial charge in [0.05, 0.1) is 11.4 Å². The van der Waals surface area contributed by atoms with Gasteiger partial charge in [-0.1, -0.05) is 30.5 Å². The van der Waals surface area contributed by atoms with Crippen LogP contribution in [0.2, 0.25) is 0 Å². The van der Waals surface area contributed by atoms with Crippen LogP contribution in [-0.2, 0) is 6.54 Å². The highest BCUT2D eigenvalue weighted by Gasteiger charge is 2.26. The van der Waals surface area contributed by atoms with E-state index in [2.05, 4.69) is 26.4 Å². The monoisotopic (exact) mass is 382 g/mol. The fourth-order valence-corrected chi connectivity index (χ4v) is 4.47. The molecule has 0 bridgehead atoms. The molecular weight excluding hydrogens is 352 g/mol. The molecule has 1 aliphatic carbocycles. The fraction of sp³-hybridized carbons (Fsp3) is 0.591. The first-order chi connectivity index (χ1) is 13.8. The molecule has 6 heteroatoms. The Balaban J connectivity index is 1.30. The highest BCUT2D eigenvalue weighted by molar-refractivity contribution is 5.91. The first kappa shape index (κ1) is 19.1. The van der Waals surface area contributed by atoms with Gasteiger partial charge in [0.2, 0.25) is 5.76 Å². The molecule has 2 fully saturated rings. The Hall–Kier alpha value is -2.21. The number of piperidine rings is 1. The molecule has 3 heterocycles. The predicted octanol–water partition coefficient (Wildman–Crippen LogP) is 3.76. The van der Waals surface area contributed by atoms with Crippen LogP contribution in [0.5, 0.6) is 0 Å². The average molecular weight is 383 g/mol. The maximum Gasteiger partial charge on any atom is 0.289 e. The average Bonchev–Trinajstić information content (AvgIpc) is 3.24. The highest BCUT2D eigenvalue weighted by Crippen LogP contribution is 2.27. The van der Waals surface area contributed by atoms with Crippen molar-refractivity contribution in [2.45, 2.75) is 57.4 Å². The summed E-state index contributed by atoms with van der Waals surface area (Å²) in [7, 11) is 0. The lowest BCUT2D eigenvalue weighted by molar-refractivity contribution is 0.0906. The van der Waals surface area contributed by atoms with Crippen LogP contribution in [0.4, 0.5) is 0 Å². The Morgan fingerprint density at radius 1 is 1.18 bits per heavy atom. The number of hydrogen-bond acceptors (Lipinski definition) is 5. The van der Waals surface area contributed by atoms with Gasteiger partial charge in [-0.2, -0.15) is 0 Å². The summed E-state index contributed by atoms with van der Waals surface area (Å²) in [4.78, 5) is 19.3. The highest BCUT2D eigenvalue weighted by atomic mass is 16.5. The van der Waals surface area contributed by atoms with E-state index in [-0.39, 0.29) is 5.91 Å². The van der Waals surface area contributed by atoms with Crippen molar-refractivity contribution in [1.29, 1.82) is 0 Å². The summed E-state index contributed by atoms with van der Waals surface area (Å²) >= 11 is 0. The maximum atomic E-state index is 12.4. The number of rotatable bonds is 6. The molecule has 1 N–H and O–H groups in total. The lowest BCUT2D eigenvalue weighted by atomic mass is 9.89. The summed E-state index contributed by atoms with van der Waals surface area (Å²) < 4.78 is 5.38. The number of nitrogens with zero attached hydrogens (tertiary/aromatic N) is 3. The summed E-state index contributed by atoms with van der Waals surface area (Å²) in [5, 5.41) is 7.25. The third kappa shape index (κ3) is 4.98. The van der Waals surface area contributed by atoms with E-state index in [0.717, 1.165) is 50.4 Å². The van der Waals surface area contributed by atoms with Crippen LogP contribution in [0, 0.1) is 5.92 Å². The SMILES string of the molecule is O=C(NCC1CCCCC1)c1cc([C@@H]2CCCN(Cc3ccccn3)C2)no1. The summed E-state index contributed by atoms with van der Waals surface area (Å²) in [6, 6.07) is 7.87. The quantitative estimate of drug-likeness (QED) is 0.824. The molecule has 1 amide bonds. The van der Waals surface area contributed by atoms with E-state index in [1.165, 1.54) is 32.1 Å². The number of carbonyl (C=O) groups is 1. The minimum Gasteiger partial charge on any atom is -0.351 e. The molecule has 1 saturated carbocycles. The Bertz CT molecular complexity index is 755. The fourth-order valence-electron chi connectivity index (χ4n) is 4.47. The first-order valence-corrected chi connectivity index (χ1v) is 10.6. The largest absolute Gasteiger partial charge is 0.351 e. The lowest BCUT2D eigenvalue weighted by Crippen LogP contribution is -2.34. The molecule has 1 atom stereocenters. The van der Waals surface area contributed by atoms with Gasteiger partial charge in [-0.05, 0) is 50.3 Å². The topological polar surface area (TPSA) is 71.3 Å². The molecule has 0 unspecified atom stereocenters. The summed E-state index contributed by atoms with van der Waals surface area (Å²) in [5.74, 6) is 1.12. The van der Waals surface area contributed by atoms with Gasteiger partial charge < -0.3 is 9.84 Å². The molecule has 150 valence electrons. The molecule has 6 nitrogen and oxygen atoms in total. The number of aromatic nitrogens is 2. The zero-order chi connectivity index (χ0) is 19.2. The number of amides is 1. The Labute approximate surface area is 166 Å². The van der Waals surface area contributed by atoms with Gasteiger partial charge in [-0.15, -0.1) is 0 Å². The minimum atomic E-state index is -0.134. The van der Waals surface area contributed by atoms with Crippen LogP contribution in [0.3, 0.4) is 0 Å². The van der Waals surface area contributed by atoms with Crippen molar-refractivity contribution in [3.8, 4) is 0 Å². The van der Waals surface area contributed by atoms with Gasteiger partial charge in [-0.25, -0.2) is 0 Å². The summed E-state index contributed by atoms with van der Waals surface area (Å²) in [6.07, 6.45) is 10.4. The number of carbonyl (C=O) groups excluding carboxylic acids is 1. The van der Waals surface area contributed by atoms with E-state index >= 15 is 0 Å². The predicted molar refractivity (Wildman–Crippen MR) is 107 cm³/mol. The van der Waals surface area contributed by atoms with Gasteiger partial charge in [0, 0.05) is 37.8 Å².